The lowest BCUT2D eigenvalue weighted by Crippen LogP contribution is -2.30. The zero-order valence-electron chi connectivity index (χ0n) is 30.8. The SMILES string of the molecule is CCCCCCCCCCCC(C)CCN(CCO)CCCCCCCC(CCCCCCCC)CCCCCCCC. The molecule has 0 bridgehead atoms. The van der Waals surface area contributed by atoms with Crippen molar-refractivity contribution in [1.29, 1.82) is 0 Å². The van der Waals surface area contributed by atoms with Crippen molar-refractivity contribution in [2.24, 2.45) is 11.8 Å². The molecule has 0 spiro atoms. The minimum absolute atomic E-state index is 0.311. The Morgan fingerprint density at radius 2 is 0.721 bits per heavy atom. The van der Waals surface area contributed by atoms with Gasteiger partial charge in [0.2, 0.25) is 0 Å². The Morgan fingerprint density at radius 1 is 0.372 bits per heavy atom. The summed E-state index contributed by atoms with van der Waals surface area (Å²) in [5.41, 5.74) is 0. The lowest BCUT2D eigenvalue weighted by molar-refractivity contribution is 0.184. The van der Waals surface area contributed by atoms with Crippen LogP contribution in [0.4, 0.5) is 0 Å². The molecular weight excluding hydrogens is 522 g/mol. The van der Waals surface area contributed by atoms with E-state index in [-0.39, 0.29) is 0 Å². The number of hydrogen-bond donors (Lipinski definition) is 1. The molecule has 1 unspecified atom stereocenters. The van der Waals surface area contributed by atoms with Gasteiger partial charge in [-0.2, -0.15) is 0 Å². The number of nitrogens with zero attached hydrogens (tertiary/aromatic N) is 1. The molecule has 0 aromatic heterocycles. The van der Waals surface area contributed by atoms with Crippen LogP contribution in [0.15, 0.2) is 0 Å². The number of hydrogen-bond acceptors (Lipinski definition) is 2. The minimum atomic E-state index is 0.311. The maximum Gasteiger partial charge on any atom is 0.0558 e. The normalized spacial score (nSPS) is 12.6. The Bertz CT molecular complexity index is 478. The number of aliphatic hydroxyl groups excluding tert-OH is 1. The zero-order chi connectivity index (χ0) is 31.5. The molecule has 0 aromatic carbocycles. The topological polar surface area (TPSA) is 23.5 Å². The third-order valence-corrected chi connectivity index (χ3v) is 10.2. The fourth-order valence-electron chi connectivity index (χ4n) is 6.99. The average molecular weight is 608 g/mol. The summed E-state index contributed by atoms with van der Waals surface area (Å²) in [5, 5.41) is 9.61. The summed E-state index contributed by atoms with van der Waals surface area (Å²) < 4.78 is 0. The Morgan fingerprint density at radius 3 is 1.12 bits per heavy atom. The van der Waals surface area contributed by atoms with Crippen LogP contribution >= 0.6 is 0 Å². The van der Waals surface area contributed by atoms with E-state index in [1.54, 1.807) is 0 Å². The summed E-state index contributed by atoms with van der Waals surface area (Å²) in [7, 11) is 0. The van der Waals surface area contributed by atoms with E-state index in [0.29, 0.717) is 6.61 Å². The molecule has 2 heteroatoms. The summed E-state index contributed by atoms with van der Waals surface area (Å²) in [6, 6.07) is 0. The van der Waals surface area contributed by atoms with Gasteiger partial charge in [-0.05, 0) is 37.8 Å². The van der Waals surface area contributed by atoms with Gasteiger partial charge in [-0.1, -0.05) is 214 Å². The van der Waals surface area contributed by atoms with Crippen LogP contribution in [-0.2, 0) is 0 Å². The highest BCUT2D eigenvalue weighted by molar-refractivity contribution is 4.64. The van der Waals surface area contributed by atoms with Gasteiger partial charge in [-0.15, -0.1) is 0 Å². The zero-order valence-corrected chi connectivity index (χ0v) is 30.8. The third kappa shape index (κ3) is 33.1. The molecule has 0 rings (SSSR count). The molecule has 260 valence electrons. The summed E-state index contributed by atoms with van der Waals surface area (Å²) in [4.78, 5) is 2.55. The molecule has 2 nitrogen and oxygen atoms in total. The van der Waals surface area contributed by atoms with Crippen molar-refractivity contribution in [3.8, 4) is 0 Å². The Kier molecular flexibility index (Phi) is 36.3. The van der Waals surface area contributed by atoms with Gasteiger partial charge >= 0.3 is 0 Å². The van der Waals surface area contributed by atoms with Crippen LogP contribution in [0.3, 0.4) is 0 Å². The fraction of sp³-hybridized carbons (Fsp3) is 1.00. The van der Waals surface area contributed by atoms with E-state index in [1.165, 1.54) is 212 Å². The number of unbranched alkanes of at least 4 members (excludes halogenated alkanes) is 22. The highest BCUT2D eigenvalue weighted by Crippen LogP contribution is 2.25. The van der Waals surface area contributed by atoms with E-state index in [2.05, 4.69) is 32.6 Å². The van der Waals surface area contributed by atoms with E-state index in [4.69, 9.17) is 0 Å². The van der Waals surface area contributed by atoms with Crippen LogP contribution in [0.25, 0.3) is 0 Å². The molecule has 0 aliphatic heterocycles. The summed E-state index contributed by atoms with van der Waals surface area (Å²) in [6.45, 7) is 12.9. The van der Waals surface area contributed by atoms with Crippen LogP contribution in [0.5, 0.6) is 0 Å². The molecule has 0 heterocycles. The Labute approximate surface area is 274 Å². The maximum atomic E-state index is 9.61. The lowest BCUT2D eigenvalue weighted by Gasteiger charge is -2.23. The third-order valence-electron chi connectivity index (χ3n) is 10.2. The fourth-order valence-corrected chi connectivity index (χ4v) is 6.99. The van der Waals surface area contributed by atoms with Crippen LogP contribution in [0.2, 0.25) is 0 Å². The largest absolute Gasteiger partial charge is 0.395 e. The van der Waals surface area contributed by atoms with Crippen molar-refractivity contribution in [2.45, 2.75) is 227 Å². The molecule has 0 aromatic rings. The van der Waals surface area contributed by atoms with E-state index in [0.717, 1.165) is 18.4 Å². The molecule has 0 radical (unpaired) electrons. The molecule has 0 saturated carbocycles. The quantitative estimate of drug-likeness (QED) is 0.0710. The average Bonchev–Trinajstić information content (AvgIpc) is 3.01. The van der Waals surface area contributed by atoms with Crippen LogP contribution in [0, 0.1) is 11.8 Å². The molecular formula is C41H85NO. The number of rotatable bonds is 37. The van der Waals surface area contributed by atoms with E-state index in [1.807, 2.05) is 0 Å². The molecule has 1 N–H and O–H groups in total. The molecule has 0 aliphatic carbocycles. The predicted octanol–water partition coefficient (Wildman–Crippen LogP) is 13.7. The highest BCUT2D eigenvalue weighted by atomic mass is 16.3. The van der Waals surface area contributed by atoms with Gasteiger partial charge in [0, 0.05) is 6.54 Å². The second-order valence-corrected chi connectivity index (χ2v) is 14.6. The minimum Gasteiger partial charge on any atom is -0.395 e. The van der Waals surface area contributed by atoms with E-state index >= 15 is 0 Å². The summed E-state index contributed by atoms with van der Waals surface area (Å²) in [6.07, 6.45) is 44.3. The Hall–Kier alpha value is -0.0800. The van der Waals surface area contributed by atoms with E-state index in [9.17, 15) is 5.11 Å². The van der Waals surface area contributed by atoms with Crippen molar-refractivity contribution < 1.29 is 5.11 Å². The monoisotopic (exact) mass is 608 g/mol. The second-order valence-electron chi connectivity index (χ2n) is 14.6. The molecule has 0 saturated heterocycles. The van der Waals surface area contributed by atoms with Crippen LogP contribution in [0.1, 0.15) is 227 Å². The van der Waals surface area contributed by atoms with Gasteiger partial charge < -0.3 is 10.0 Å². The first-order valence-electron chi connectivity index (χ1n) is 20.5. The second kappa shape index (κ2) is 36.4. The van der Waals surface area contributed by atoms with Gasteiger partial charge in [0.1, 0.15) is 0 Å². The van der Waals surface area contributed by atoms with E-state index < -0.39 is 0 Å². The summed E-state index contributed by atoms with van der Waals surface area (Å²) >= 11 is 0. The van der Waals surface area contributed by atoms with Gasteiger partial charge in [0.05, 0.1) is 6.61 Å². The first kappa shape index (κ1) is 42.9. The van der Waals surface area contributed by atoms with Gasteiger partial charge in [0.25, 0.3) is 0 Å². The highest BCUT2D eigenvalue weighted by Gasteiger charge is 2.10. The Balaban J connectivity index is 3.99. The molecule has 43 heavy (non-hydrogen) atoms. The molecule has 0 amide bonds. The smallest absolute Gasteiger partial charge is 0.0558 e. The molecule has 0 aliphatic rings. The standard InChI is InChI=1S/C41H85NO/c1-5-8-11-14-17-18-19-21-26-31-40(4)35-37-42(38-39-43)36-30-25-20-24-29-34-41(32-27-22-15-12-9-6-2)33-28-23-16-13-10-7-3/h40-41,43H,5-39H2,1-4H3. The van der Waals surface area contributed by atoms with Gasteiger partial charge in [-0.3, -0.25) is 0 Å². The first-order valence-corrected chi connectivity index (χ1v) is 20.5. The van der Waals surface area contributed by atoms with Crippen molar-refractivity contribution in [2.75, 3.05) is 26.2 Å². The molecule has 1 atom stereocenters. The predicted molar refractivity (Wildman–Crippen MR) is 196 cm³/mol. The van der Waals surface area contributed by atoms with Crippen molar-refractivity contribution in [3.63, 3.8) is 0 Å². The van der Waals surface area contributed by atoms with Crippen LogP contribution in [-0.4, -0.2) is 36.2 Å². The number of aliphatic hydroxyl groups is 1. The first-order chi connectivity index (χ1) is 21.2. The lowest BCUT2D eigenvalue weighted by atomic mass is 9.89. The molecule has 0 fully saturated rings. The van der Waals surface area contributed by atoms with Crippen LogP contribution < -0.4 is 0 Å². The van der Waals surface area contributed by atoms with Gasteiger partial charge in [-0.25, -0.2) is 0 Å². The van der Waals surface area contributed by atoms with Crippen molar-refractivity contribution in [1.82, 2.24) is 4.90 Å². The maximum absolute atomic E-state index is 9.61. The van der Waals surface area contributed by atoms with Gasteiger partial charge in [0.15, 0.2) is 0 Å². The summed E-state index contributed by atoms with van der Waals surface area (Å²) in [5.74, 6) is 1.82. The van der Waals surface area contributed by atoms with Crippen molar-refractivity contribution in [3.05, 3.63) is 0 Å². The van der Waals surface area contributed by atoms with Crippen molar-refractivity contribution >= 4 is 0 Å².